The van der Waals surface area contributed by atoms with Crippen LogP contribution in [0.15, 0.2) is 60.0 Å². The van der Waals surface area contributed by atoms with E-state index < -0.39 is 5.25 Å². The van der Waals surface area contributed by atoms with Gasteiger partial charge in [-0.3, -0.25) is 9.36 Å². The van der Waals surface area contributed by atoms with Gasteiger partial charge in [0.15, 0.2) is 5.16 Å². The second-order valence-electron chi connectivity index (χ2n) is 6.51. The Morgan fingerprint density at radius 3 is 2.57 bits per heavy atom. The van der Waals surface area contributed by atoms with E-state index in [-0.39, 0.29) is 17.8 Å². The first-order chi connectivity index (χ1) is 13.6. The van der Waals surface area contributed by atoms with Crippen molar-refractivity contribution < 1.29 is 13.9 Å². The summed E-state index contributed by atoms with van der Waals surface area (Å²) in [5.41, 5.74) is 1.57. The van der Waals surface area contributed by atoms with E-state index in [9.17, 15) is 9.18 Å². The van der Waals surface area contributed by atoms with Gasteiger partial charge in [-0.1, -0.05) is 23.9 Å². The van der Waals surface area contributed by atoms with Crippen LogP contribution in [0, 0.1) is 5.82 Å². The molecule has 1 fully saturated rings. The number of aromatic nitrogens is 3. The Bertz CT molecular complexity index is 955. The van der Waals surface area contributed by atoms with Crippen molar-refractivity contribution in [3.63, 3.8) is 0 Å². The Kier molecular flexibility index (Phi) is 5.29. The average Bonchev–Trinajstić information content (AvgIpc) is 3.41. The monoisotopic (exact) mass is 398 g/mol. The molecule has 0 bridgehead atoms. The molecule has 1 atom stereocenters. The maximum absolute atomic E-state index is 13.4. The summed E-state index contributed by atoms with van der Waals surface area (Å²) in [6, 6.07) is 13.7. The number of benzene rings is 2. The second kappa shape index (κ2) is 8.02. The molecule has 6 nitrogen and oxygen atoms in total. The van der Waals surface area contributed by atoms with Crippen LogP contribution in [0.3, 0.4) is 0 Å². The topological polar surface area (TPSA) is 69.0 Å². The van der Waals surface area contributed by atoms with Gasteiger partial charge in [0.25, 0.3) is 0 Å². The summed E-state index contributed by atoms with van der Waals surface area (Å²) in [5.74, 6) is 0.305. The van der Waals surface area contributed by atoms with E-state index in [4.69, 9.17) is 4.74 Å². The van der Waals surface area contributed by atoms with Gasteiger partial charge >= 0.3 is 0 Å². The lowest BCUT2D eigenvalue weighted by molar-refractivity contribution is -0.120. The highest BCUT2D eigenvalue weighted by molar-refractivity contribution is 8.00. The molecule has 1 aromatic heterocycles. The van der Waals surface area contributed by atoms with Gasteiger partial charge in [0.05, 0.1) is 7.11 Å². The van der Waals surface area contributed by atoms with Crippen molar-refractivity contribution >= 4 is 17.7 Å². The van der Waals surface area contributed by atoms with Gasteiger partial charge in [0.2, 0.25) is 5.91 Å². The number of nitrogens with zero attached hydrogens (tertiary/aromatic N) is 3. The van der Waals surface area contributed by atoms with Crippen LogP contribution in [0.5, 0.6) is 5.75 Å². The van der Waals surface area contributed by atoms with Gasteiger partial charge in [-0.2, -0.15) is 0 Å². The lowest BCUT2D eigenvalue weighted by Crippen LogP contribution is -2.30. The van der Waals surface area contributed by atoms with Crippen LogP contribution in [0.1, 0.15) is 23.7 Å². The third-order valence-corrected chi connectivity index (χ3v) is 5.64. The van der Waals surface area contributed by atoms with Crippen LogP contribution in [-0.4, -0.2) is 33.8 Å². The highest BCUT2D eigenvalue weighted by atomic mass is 32.2. The third-order valence-electron chi connectivity index (χ3n) is 4.42. The molecule has 1 aliphatic carbocycles. The lowest BCUT2D eigenvalue weighted by Gasteiger charge is -2.17. The van der Waals surface area contributed by atoms with E-state index in [1.54, 1.807) is 25.6 Å². The first kappa shape index (κ1) is 18.5. The number of hydrogen-bond donors (Lipinski definition) is 1. The molecule has 3 aromatic rings. The molecule has 0 aliphatic heterocycles. The molecule has 1 heterocycles. The number of carbonyl (C=O) groups is 1. The average molecular weight is 398 g/mol. The van der Waals surface area contributed by atoms with Gasteiger partial charge in [-0.15, -0.1) is 10.2 Å². The van der Waals surface area contributed by atoms with Gasteiger partial charge < -0.3 is 10.1 Å². The van der Waals surface area contributed by atoms with Crippen LogP contribution in [-0.2, 0) is 4.79 Å². The van der Waals surface area contributed by atoms with Crippen molar-refractivity contribution in [2.75, 3.05) is 7.11 Å². The first-order valence-corrected chi connectivity index (χ1v) is 9.79. The molecule has 28 heavy (non-hydrogen) atoms. The minimum Gasteiger partial charge on any atom is -0.497 e. The maximum atomic E-state index is 13.4. The van der Waals surface area contributed by atoms with Crippen molar-refractivity contribution in [3.8, 4) is 11.4 Å². The third kappa shape index (κ3) is 4.17. The van der Waals surface area contributed by atoms with E-state index in [1.807, 2.05) is 28.8 Å². The fraction of sp³-hybridized carbons (Fsp3) is 0.250. The smallest absolute Gasteiger partial charge is 0.238 e. The van der Waals surface area contributed by atoms with Gasteiger partial charge in [0, 0.05) is 11.7 Å². The fourth-order valence-electron chi connectivity index (χ4n) is 2.75. The zero-order valence-corrected chi connectivity index (χ0v) is 16.0. The molecule has 0 radical (unpaired) electrons. The summed E-state index contributed by atoms with van der Waals surface area (Å²) >= 11 is 1.29. The summed E-state index contributed by atoms with van der Waals surface area (Å²) in [4.78, 5) is 12.8. The molecular weight excluding hydrogens is 379 g/mol. The largest absolute Gasteiger partial charge is 0.497 e. The molecule has 0 spiro atoms. The van der Waals surface area contributed by atoms with E-state index in [1.165, 1.54) is 23.9 Å². The van der Waals surface area contributed by atoms with Crippen LogP contribution in [0.25, 0.3) is 5.69 Å². The SMILES string of the molecule is COc1ccc(-n2cnnc2SC(C(=O)NC2CC2)c2ccc(F)cc2)cc1. The molecule has 8 heteroatoms. The first-order valence-electron chi connectivity index (χ1n) is 8.91. The fourth-order valence-corrected chi connectivity index (χ4v) is 3.78. The van der Waals surface area contributed by atoms with Crippen LogP contribution in [0.4, 0.5) is 4.39 Å². The number of halogens is 1. The number of rotatable bonds is 7. The molecular formula is C20H19FN4O2S. The van der Waals surface area contributed by atoms with E-state index in [0.29, 0.717) is 10.7 Å². The Morgan fingerprint density at radius 1 is 1.21 bits per heavy atom. The number of methoxy groups -OCH3 is 1. The molecule has 1 unspecified atom stereocenters. The van der Waals surface area contributed by atoms with Gasteiger partial charge in [-0.05, 0) is 54.8 Å². The minimum atomic E-state index is -0.553. The van der Waals surface area contributed by atoms with E-state index in [0.717, 1.165) is 24.3 Å². The summed E-state index contributed by atoms with van der Waals surface area (Å²) in [5, 5.41) is 11.2. The Labute approximate surface area is 166 Å². The van der Waals surface area contributed by atoms with Crippen LogP contribution < -0.4 is 10.1 Å². The van der Waals surface area contributed by atoms with Gasteiger partial charge in [-0.25, -0.2) is 4.39 Å². The molecule has 1 amide bonds. The molecule has 1 saturated carbocycles. The van der Waals surface area contributed by atoms with Crippen molar-refractivity contribution in [2.45, 2.75) is 29.3 Å². The Balaban J connectivity index is 1.62. The van der Waals surface area contributed by atoms with E-state index in [2.05, 4.69) is 15.5 Å². The number of thioether (sulfide) groups is 1. The molecule has 1 N–H and O–H groups in total. The number of ether oxygens (including phenoxy) is 1. The standard InChI is InChI=1S/C20H19FN4O2S/c1-27-17-10-8-16(9-11-17)25-12-22-24-20(25)28-18(19(26)23-15-6-7-15)13-2-4-14(21)5-3-13/h2-5,8-12,15,18H,6-7H2,1H3,(H,23,26). The van der Waals surface area contributed by atoms with Crippen molar-refractivity contribution in [1.82, 2.24) is 20.1 Å². The predicted octanol–water partition coefficient (Wildman–Crippen LogP) is 3.53. The molecule has 2 aromatic carbocycles. The zero-order valence-electron chi connectivity index (χ0n) is 15.2. The summed E-state index contributed by atoms with van der Waals surface area (Å²) in [6.07, 6.45) is 3.59. The van der Waals surface area contributed by atoms with Gasteiger partial charge in [0.1, 0.15) is 23.1 Å². The second-order valence-corrected chi connectivity index (χ2v) is 7.59. The number of amides is 1. The van der Waals surface area contributed by atoms with Crippen molar-refractivity contribution in [2.24, 2.45) is 0 Å². The quantitative estimate of drug-likeness (QED) is 0.617. The molecule has 144 valence electrons. The maximum Gasteiger partial charge on any atom is 0.238 e. The Morgan fingerprint density at radius 2 is 1.93 bits per heavy atom. The lowest BCUT2D eigenvalue weighted by atomic mass is 10.1. The normalized spacial score (nSPS) is 14.5. The van der Waals surface area contributed by atoms with Crippen molar-refractivity contribution in [1.29, 1.82) is 0 Å². The summed E-state index contributed by atoms with van der Waals surface area (Å²) in [7, 11) is 1.61. The van der Waals surface area contributed by atoms with E-state index >= 15 is 0 Å². The predicted molar refractivity (Wildman–Crippen MR) is 104 cm³/mol. The van der Waals surface area contributed by atoms with Crippen molar-refractivity contribution in [3.05, 3.63) is 66.2 Å². The number of nitrogens with one attached hydrogen (secondary N) is 1. The molecule has 0 saturated heterocycles. The summed E-state index contributed by atoms with van der Waals surface area (Å²) in [6.45, 7) is 0. The summed E-state index contributed by atoms with van der Waals surface area (Å²) < 4.78 is 20.4. The highest BCUT2D eigenvalue weighted by Crippen LogP contribution is 2.36. The highest BCUT2D eigenvalue weighted by Gasteiger charge is 2.30. The number of carbonyl (C=O) groups excluding carboxylic acids is 1. The van der Waals surface area contributed by atoms with Crippen LogP contribution in [0.2, 0.25) is 0 Å². The Hall–Kier alpha value is -2.87. The minimum absolute atomic E-state index is 0.108. The number of hydrogen-bond acceptors (Lipinski definition) is 5. The zero-order chi connectivity index (χ0) is 19.5. The van der Waals surface area contributed by atoms with Crippen LogP contribution >= 0.6 is 11.8 Å². The molecule has 1 aliphatic rings. The molecule has 4 rings (SSSR count).